The Morgan fingerprint density at radius 2 is 1.58 bits per heavy atom. The van der Waals surface area contributed by atoms with Gasteiger partial charge in [-0.15, -0.1) is 0 Å². The first-order valence-electron chi connectivity index (χ1n) is 7.12. The molecule has 19 heavy (non-hydrogen) atoms. The molecule has 0 saturated carbocycles. The van der Waals surface area contributed by atoms with E-state index in [-0.39, 0.29) is 5.41 Å². The van der Waals surface area contributed by atoms with E-state index in [1.807, 2.05) is 6.20 Å². The lowest BCUT2D eigenvalue weighted by atomic mass is 9.78. The van der Waals surface area contributed by atoms with Crippen LogP contribution in [0.1, 0.15) is 44.7 Å². The second-order valence-corrected chi connectivity index (χ2v) is 5.57. The maximum Gasteiger partial charge on any atom is 0.0702 e. The zero-order valence-corrected chi connectivity index (χ0v) is 12.4. The van der Waals surface area contributed by atoms with E-state index in [4.69, 9.17) is 0 Å². The van der Waals surface area contributed by atoms with Crippen LogP contribution >= 0.6 is 0 Å². The lowest BCUT2D eigenvalue weighted by Gasteiger charge is -2.27. The van der Waals surface area contributed by atoms with Crippen molar-refractivity contribution in [2.45, 2.75) is 46.0 Å². The summed E-state index contributed by atoms with van der Waals surface area (Å²) in [5, 5.41) is 0. The molecule has 1 nitrogen and oxygen atoms in total. The van der Waals surface area contributed by atoms with Crippen molar-refractivity contribution in [2.24, 2.45) is 0 Å². The van der Waals surface area contributed by atoms with Crippen LogP contribution in [-0.4, -0.2) is 4.98 Å². The number of aryl methyl sites for hydroxylation is 1. The smallest absolute Gasteiger partial charge is 0.0702 e. The Kier molecular flexibility index (Phi) is 4.04. The second-order valence-electron chi connectivity index (χ2n) is 5.57. The Morgan fingerprint density at radius 3 is 2.05 bits per heavy atom. The van der Waals surface area contributed by atoms with Crippen LogP contribution in [-0.2, 0) is 5.41 Å². The first-order chi connectivity index (χ1) is 9.09. The van der Waals surface area contributed by atoms with Crippen molar-refractivity contribution in [3.05, 3.63) is 53.7 Å². The summed E-state index contributed by atoms with van der Waals surface area (Å²) < 4.78 is 0. The molecule has 2 aromatic rings. The van der Waals surface area contributed by atoms with Crippen molar-refractivity contribution in [2.75, 3.05) is 0 Å². The van der Waals surface area contributed by atoms with Gasteiger partial charge in [-0.2, -0.15) is 0 Å². The molecular formula is C18H23N. The molecule has 0 fully saturated rings. The number of aromatic nitrogens is 1. The van der Waals surface area contributed by atoms with E-state index in [1.165, 1.54) is 16.7 Å². The van der Waals surface area contributed by atoms with Gasteiger partial charge in [-0.05, 0) is 36.8 Å². The molecule has 1 heteroatoms. The molecule has 1 aromatic carbocycles. The molecule has 0 aliphatic carbocycles. The Bertz CT molecular complexity index is 519. The first-order valence-corrected chi connectivity index (χ1v) is 7.12. The molecule has 0 N–H and O–H groups in total. The highest BCUT2D eigenvalue weighted by molar-refractivity contribution is 5.59. The van der Waals surface area contributed by atoms with Crippen LogP contribution in [0.4, 0.5) is 0 Å². The normalized spacial score (nSPS) is 11.6. The fourth-order valence-corrected chi connectivity index (χ4v) is 2.30. The van der Waals surface area contributed by atoms with Crippen molar-refractivity contribution in [1.29, 1.82) is 0 Å². The summed E-state index contributed by atoms with van der Waals surface area (Å²) in [6, 6.07) is 12.9. The number of hydrogen-bond donors (Lipinski definition) is 0. The maximum absolute atomic E-state index is 4.64. The van der Waals surface area contributed by atoms with E-state index in [9.17, 15) is 0 Å². The van der Waals surface area contributed by atoms with Gasteiger partial charge >= 0.3 is 0 Å². The van der Waals surface area contributed by atoms with Crippen LogP contribution in [0.3, 0.4) is 0 Å². The summed E-state index contributed by atoms with van der Waals surface area (Å²) in [7, 11) is 0. The molecule has 0 aliphatic heterocycles. The van der Waals surface area contributed by atoms with Gasteiger partial charge in [0.2, 0.25) is 0 Å². The number of rotatable bonds is 4. The zero-order valence-electron chi connectivity index (χ0n) is 12.4. The average molecular weight is 253 g/mol. The third-order valence-electron chi connectivity index (χ3n) is 4.37. The van der Waals surface area contributed by atoms with Crippen LogP contribution in [0, 0.1) is 6.92 Å². The standard InChI is InChI=1S/C18H23N/c1-5-18(4,6-2)16-11-12-17(19-13-16)15-9-7-14(3)8-10-15/h7-13H,5-6H2,1-4H3. The van der Waals surface area contributed by atoms with E-state index in [2.05, 4.69) is 69.1 Å². The Balaban J connectivity index is 2.30. The van der Waals surface area contributed by atoms with Crippen molar-refractivity contribution in [3.63, 3.8) is 0 Å². The van der Waals surface area contributed by atoms with Crippen LogP contribution < -0.4 is 0 Å². The van der Waals surface area contributed by atoms with Crippen LogP contribution in [0.15, 0.2) is 42.6 Å². The highest BCUT2D eigenvalue weighted by Crippen LogP contribution is 2.31. The van der Waals surface area contributed by atoms with Gasteiger partial charge in [0.25, 0.3) is 0 Å². The number of pyridine rings is 1. The maximum atomic E-state index is 4.64. The molecule has 2 rings (SSSR count). The largest absolute Gasteiger partial charge is 0.256 e. The van der Waals surface area contributed by atoms with Gasteiger partial charge in [0.05, 0.1) is 5.69 Å². The summed E-state index contributed by atoms with van der Waals surface area (Å²) >= 11 is 0. The third kappa shape index (κ3) is 2.86. The quantitative estimate of drug-likeness (QED) is 0.735. The van der Waals surface area contributed by atoms with E-state index < -0.39 is 0 Å². The minimum atomic E-state index is 0.249. The number of nitrogens with zero attached hydrogens (tertiary/aromatic N) is 1. The summed E-state index contributed by atoms with van der Waals surface area (Å²) in [5.41, 5.74) is 5.11. The van der Waals surface area contributed by atoms with E-state index in [1.54, 1.807) is 0 Å². The minimum absolute atomic E-state index is 0.249. The fourth-order valence-electron chi connectivity index (χ4n) is 2.30. The minimum Gasteiger partial charge on any atom is -0.256 e. The van der Waals surface area contributed by atoms with Gasteiger partial charge in [0.15, 0.2) is 0 Å². The molecular weight excluding hydrogens is 230 g/mol. The zero-order chi connectivity index (χ0) is 13.9. The average Bonchev–Trinajstić information content (AvgIpc) is 2.47. The lowest BCUT2D eigenvalue weighted by Crippen LogP contribution is -2.19. The molecule has 0 unspecified atom stereocenters. The molecule has 0 atom stereocenters. The van der Waals surface area contributed by atoms with Crippen LogP contribution in [0.5, 0.6) is 0 Å². The number of hydrogen-bond acceptors (Lipinski definition) is 1. The van der Waals surface area contributed by atoms with Gasteiger partial charge in [-0.1, -0.05) is 56.7 Å². The SMILES string of the molecule is CCC(C)(CC)c1ccc(-c2ccc(C)cc2)nc1. The van der Waals surface area contributed by atoms with Crippen LogP contribution in [0.2, 0.25) is 0 Å². The van der Waals surface area contributed by atoms with E-state index in [0.717, 1.165) is 18.5 Å². The van der Waals surface area contributed by atoms with Gasteiger partial charge in [0, 0.05) is 11.8 Å². The fraction of sp³-hybridized carbons (Fsp3) is 0.389. The predicted octanol–water partition coefficient (Wildman–Crippen LogP) is 5.13. The monoisotopic (exact) mass is 253 g/mol. The molecule has 1 heterocycles. The van der Waals surface area contributed by atoms with Crippen LogP contribution in [0.25, 0.3) is 11.3 Å². The Morgan fingerprint density at radius 1 is 0.947 bits per heavy atom. The van der Waals surface area contributed by atoms with Gasteiger partial charge in [-0.25, -0.2) is 0 Å². The van der Waals surface area contributed by atoms with Crippen molar-refractivity contribution < 1.29 is 0 Å². The molecule has 0 radical (unpaired) electrons. The van der Waals surface area contributed by atoms with Crippen molar-refractivity contribution in [1.82, 2.24) is 4.98 Å². The molecule has 0 spiro atoms. The summed E-state index contributed by atoms with van der Waals surface area (Å²) in [6.45, 7) is 8.92. The predicted molar refractivity (Wildman–Crippen MR) is 82.3 cm³/mol. The van der Waals surface area contributed by atoms with Crippen molar-refractivity contribution >= 4 is 0 Å². The summed E-state index contributed by atoms with van der Waals surface area (Å²) in [5.74, 6) is 0. The number of benzene rings is 1. The van der Waals surface area contributed by atoms with Gasteiger partial charge < -0.3 is 0 Å². The van der Waals surface area contributed by atoms with Gasteiger partial charge in [-0.3, -0.25) is 4.98 Å². The molecule has 0 bridgehead atoms. The Labute approximate surface area is 116 Å². The van der Waals surface area contributed by atoms with Gasteiger partial charge in [0.1, 0.15) is 0 Å². The topological polar surface area (TPSA) is 12.9 Å². The highest BCUT2D eigenvalue weighted by Gasteiger charge is 2.22. The molecule has 0 amide bonds. The Hall–Kier alpha value is -1.63. The van der Waals surface area contributed by atoms with Crippen molar-refractivity contribution in [3.8, 4) is 11.3 Å². The molecule has 0 saturated heterocycles. The van der Waals surface area contributed by atoms with E-state index in [0.29, 0.717) is 0 Å². The third-order valence-corrected chi connectivity index (χ3v) is 4.37. The first kappa shape index (κ1) is 13.8. The highest BCUT2D eigenvalue weighted by atomic mass is 14.7. The second kappa shape index (κ2) is 5.56. The molecule has 100 valence electrons. The summed E-state index contributed by atoms with van der Waals surface area (Å²) in [4.78, 5) is 4.64. The molecule has 0 aliphatic rings. The van der Waals surface area contributed by atoms with E-state index >= 15 is 0 Å². The lowest BCUT2D eigenvalue weighted by molar-refractivity contribution is 0.437. The summed E-state index contributed by atoms with van der Waals surface area (Å²) in [6.07, 6.45) is 4.34. The molecule has 1 aromatic heterocycles.